The van der Waals surface area contributed by atoms with Crippen LogP contribution in [0.1, 0.15) is 16.7 Å². The van der Waals surface area contributed by atoms with Crippen LogP contribution in [0.4, 0.5) is 18.9 Å². The number of carbonyl (C=O) groups is 1. The molecule has 178 valence electrons. The summed E-state index contributed by atoms with van der Waals surface area (Å²) >= 11 is 6.01. The van der Waals surface area contributed by atoms with Gasteiger partial charge < -0.3 is 0 Å². The molecule has 0 spiro atoms. The molecule has 0 aromatic heterocycles. The number of hydrogen-bond acceptors (Lipinski definition) is 4. The van der Waals surface area contributed by atoms with Crippen LogP contribution in [-0.2, 0) is 21.0 Å². The van der Waals surface area contributed by atoms with Gasteiger partial charge in [-0.2, -0.15) is 18.3 Å². The molecule has 0 atom stereocenters. The summed E-state index contributed by atoms with van der Waals surface area (Å²) in [6, 6.07) is 16.7. The van der Waals surface area contributed by atoms with E-state index in [9.17, 15) is 26.4 Å². The summed E-state index contributed by atoms with van der Waals surface area (Å²) in [5, 5.41) is 3.83. The van der Waals surface area contributed by atoms with Crippen molar-refractivity contribution in [1.29, 1.82) is 0 Å². The van der Waals surface area contributed by atoms with Crippen LogP contribution in [0.5, 0.6) is 0 Å². The van der Waals surface area contributed by atoms with Gasteiger partial charge >= 0.3 is 6.18 Å². The highest BCUT2D eigenvalue weighted by Gasteiger charge is 2.32. The molecule has 3 aromatic rings. The fourth-order valence-corrected chi connectivity index (χ4v) is 4.59. The van der Waals surface area contributed by atoms with Crippen LogP contribution in [-0.4, -0.2) is 27.1 Å². The molecule has 6 nitrogen and oxygen atoms in total. The van der Waals surface area contributed by atoms with E-state index in [1.54, 1.807) is 25.1 Å². The number of aryl methyl sites for hydroxylation is 1. The maximum Gasteiger partial charge on any atom is 0.417 e. The predicted molar refractivity (Wildman–Crippen MR) is 124 cm³/mol. The van der Waals surface area contributed by atoms with E-state index in [0.717, 1.165) is 22.1 Å². The molecule has 0 aliphatic carbocycles. The third-order valence-corrected chi connectivity index (χ3v) is 6.67. The van der Waals surface area contributed by atoms with Crippen LogP contribution in [0.2, 0.25) is 5.02 Å². The van der Waals surface area contributed by atoms with Gasteiger partial charge in [0, 0.05) is 10.6 Å². The quantitative estimate of drug-likeness (QED) is 0.359. The Morgan fingerprint density at radius 3 is 2.38 bits per heavy atom. The molecule has 0 bridgehead atoms. The van der Waals surface area contributed by atoms with E-state index in [1.165, 1.54) is 48.5 Å². The van der Waals surface area contributed by atoms with Crippen molar-refractivity contribution < 1.29 is 26.4 Å². The minimum Gasteiger partial charge on any atom is -0.271 e. The maximum absolute atomic E-state index is 13.3. The van der Waals surface area contributed by atoms with Gasteiger partial charge in [-0.25, -0.2) is 13.8 Å². The number of carbonyl (C=O) groups excluding carboxylic acids is 1. The zero-order valence-corrected chi connectivity index (χ0v) is 19.3. The lowest BCUT2D eigenvalue weighted by Gasteiger charge is -2.24. The molecule has 0 saturated heterocycles. The third kappa shape index (κ3) is 6.15. The van der Waals surface area contributed by atoms with Crippen LogP contribution in [0, 0.1) is 6.92 Å². The first-order valence-electron chi connectivity index (χ1n) is 9.81. The number of rotatable bonds is 7. The van der Waals surface area contributed by atoms with Gasteiger partial charge in [0.1, 0.15) is 6.54 Å². The summed E-state index contributed by atoms with van der Waals surface area (Å²) in [6.45, 7) is 1.11. The molecule has 0 heterocycles. The van der Waals surface area contributed by atoms with Crippen LogP contribution in [0.15, 0.2) is 82.8 Å². The monoisotopic (exact) mass is 509 g/mol. The number of halogens is 4. The Labute approximate surface area is 199 Å². The highest BCUT2D eigenvalue weighted by atomic mass is 35.5. The molecule has 0 saturated carbocycles. The summed E-state index contributed by atoms with van der Waals surface area (Å²) in [5.74, 6) is -0.864. The Hall–Kier alpha value is -3.37. The number of hydrogen-bond donors (Lipinski definition) is 1. The topological polar surface area (TPSA) is 78.8 Å². The Bertz CT molecular complexity index is 1310. The lowest BCUT2D eigenvalue weighted by molar-refractivity contribution is -0.137. The molecule has 1 amide bonds. The van der Waals surface area contributed by atoms with E-state index < -0.39 is 34.2 Å². The molecule has 1 N–H and O–H groups in total. The van der Waals surface area contributed by atoms with E-state index in [2.05, 4.69) is 10.5 Å². The van der Waals surface area contributed by atoms with Crippen LogP contribution in [0.25, 0.3) is 0 Å². The van der Waals surface area contributed by atoms with Crippen molar-refractivity contribution >= 4 is 39.4 Å². The molecule has 34 heavy (non-hydrogen) atoms. The second-order valence-electron chi connectivity index (χ2n) is 7.18. The Balaban J connectivity index is 1.86. The van der Waals surface area contributed by atoms with Crippen LogP contribution >= 0.6 is 11.6 Å². The SMILES string of the molecule is Cc1ccc(S(=O)(=O)N(CC(=O)N/N=C/c2ccccc2C(F)(F)F)c2cccc(Cl)c2)cc1. The van der Waals surface area contributed by atoms with Crippen LogP contribution in [0.3, 0.4) is 0 Å². The molecule has 3 rings (SSSR count). The smallest absolute Gasteiger partial charge is 0.271 e. The van der Waals surface area contributed by atoms with Crippen LogP contribution < -0.4 is 9.73 Å². The molecule has 0 radical (unpaired) electrons. The molecule has 11 heteroatoms. The third-order valence-electron chi connectivity index (χ3n) is 4.65. The first-order valence-corrected chi connectivity index (χ1v) is 11.6. The van der Waals surface area contributed by atoms with Gasteiger partial charge in [-0.15, -0.1) is 0 Å². The van der Waals surface area contributed by atoms with Gasteiger partial charge in [0.05, 0.1) is 22.4 Å². The van der Waals surface area contributed by atoms with Gasteiger partial charge in [0.2, 0.25) is 0 Å². The van der Waals surface area contributed by atoms with Crippen molar-refractivity contribution in [2.75, 3.05) is 10.8 Å². The molecular weight excluding hydrogens is 491 g/mol. The van der Waals surface area contributed by atoms with Crippen molar-refractivity contribution in [3.8, 4) is 0 Å². The molecule has 0 aliphatic rings. The average molecular weight is 510 g/mol. The Morgan fingerprint density at radius 1 is 1.06 bits per heavy atom. The van der Waals surface area contributed by atoms with Gasteiger partial charge in [-0.1, -0.05) is 53.6 Å². The number of benzene rings is 3. The average Bonchev–Trinajstić information content (AvgIpc) is 2.77. The molecule has 3 aromatic carbocycles. The number of hydrazone groups is 1. The number of nitrogens with one attached hydrogen (secondary N) is 1. The molecule has 0 unspecified atom stereocenters. The zero-order valence-electron chi connectivity index (χ0n) is 17.8. The number of anilines is 1. The predicted octanol–water partition coefficient (Wildman–Crippen LogP) is 5.01. The van der Waals surface area contributed by atoms with Crippen molar-refractivity contribution in [2.24, 2.45) is 5.10 Å². The minimum absolute atomic E-state index is 0.0477. The minimum atomic E-state index is -4.60. The second kappa shape index (κ2) is 10.3. The van der Waals surface area contributed by atoms with Crippen molar-refractivity contribution in [3.63, 3.8) is 0 Å². The summed E-state index contributed by atoms with van der Waals surface area (Å²) in [7, 11) is -4.17. The van der Waals surface area contributed by atoms with Gasteiger partial charge in [0.15, 0.2) is 0 Å². The Kier molecular flexibility index (Phi) is 7.63. The lowest BCUT2D eigenvalue weighted by Crippen LogP contribution is -2.39. The van der Waals surface area contributed by atoms with E-state index in [1.807, 2.05) is 0 Å². The van der Waals surface area contributed by atoms with Gasteiger partial charge in [0.25, 0.3) is 15.9 Å². The summed E-state index contributed by atoms with van der Waals surface area (Å²) in [5.41, 5.74) is 1.89. The zero-order chi connectivity index (χ0) is 24.9. The largest absolute Gasteiger partial charge is 0.417 e. The van der Waals surface area contributed by atoms with Crippen molar-refractivity contribution in [1.82, 2.24) is 5.43 Å². The van der Waals surface area contributed by atoms with Gasteiger partial charge in [-0.3, -0.25) is 9.10 Å². The van der Waals surface area contributed by atoms with Gasteiger partial charge in [-0.05, 0) is 43.3 Å². The first kappa shape index (κ1) is 25.3. The second-order valence-corrected chi connectivity index (χ2v) is 9.48. The maximum atomic E-state index is 13.3. The summed E-state index contributed by atoms with van der Waals surface area (Å²) in [6.07, 6.45) is -3.75. The van der Waals surface area contributed by atoms with E-state index in [-0.39, 0.29) is 21.2 Å². The lowest BCUT2D eigenvalue weighted by atomic mass is 10.1. The summed E-state index contributed by atoms with van der Waals surface area (Å²) < 4.78 is 66.7. The fraction of sp³-hybridized carbons (Fsp3) is 0.130. The van der Waals surface area contributed by atoms with E-state index in [4.69, 9.17) is 11.6 Å². The number of nitrogens with zero attached hydrogens (tertiary/aromatic N) is 2. The van der Waals surface area contributed by atoms with Crippen molar-refractivity contribution in [2.45, 2.75) is 18.0 Å². The Morgan fingerprint density at radius 2 is 1.74 bits per heavy atom. The fourth-order valence-electron chi connectivity index (χ4n) is 2.99. The highest BCUT2D eigenvalue weighted by Crippen LogP contribution is 2.31. The van der Waals surface area contributed by atoms with E-state index in [0.29, 0.717) is 0 Å². The standard InChI is InChI=1S/C23H19ClF3N3O3S/c1-16-9-11-20(12-10-16)34(32,33)30(19-7-4-6-18(24)13-19)15-22(31)29-28-14-17-5-2-3-8-21(17)23(25,26)27/h2-14H,15H2,1H3,(H,29,31)/b28-14+. The number of sulfonamides is 1. The van der Waals surface area contributed by atoms with E-state index >= 15 is 0 Å². The normalized spacial score (nSPS) is 12.0. The molecule has 0 aliphatic heterocycles. The summed E-state index contributed by atoms with van der Waals surface area (Å²) in [4.78, 5) is 12.5. The van der Waals surface area contributed by atoms with Crippen molar-refractivity contribution in [3.05, 3.63) is 94.5 Å². The molecular formula is C23H19ClF3N3O3S. The highest BCUT2D eigenvalue weighted by molar-refractivity contribution is 7.92. The molecule has 0 fully saturated rings. The number of amides is 1. The number of alkyl halides is 3. The first-order chi connectivity index (χ1) is 16.0.